The topological polar surface area (TPSA) is 85.9 Å². The quantitative estimate of drug-likeness (QED) is 0.660. The van der Waals surface area contributed by atoms with Crippen molar-refractivity contribution in [1.82, 2.24) is 0 Å². The first-order valence-electron chi connectivity index (χ1n) is 5.67. The molecular formula is C14H13N3O2. The van der Waals surface area contributed by atoms with Gasteiger partial charge in [-0.25, -0.2) is 4.79 Å². The molecule has 0 spiro atoms. The number of nitriles is 2. The van der Waals surface area contributed by atoms with Crippen LogP contribution in [0.2, 0.25) is 0 Å². The largest absolute Gasteiger partial charge is 0.462 e. The number of hydrogen-bond donors (Lipinski definition) is 1. The highest BCUT2D eigenvalue weighted by Gasteiger charge is 2.11. The van der Waals surface area contributed by atoms with Gasteiger partial charge < -0.3 is 10.1 Å². The van der Waals surface area contributed by atoms with Crippen molar-refractivity contribution in [2.24, 2.45) is 0 Å². The van der Waals surface area contributed by atoms with Crippen molar-refractivity contribution < 1.29 is 9.53 Å². The third-order valence-electron chi connectivity index (χ3n) is 2.44. The fourth-order valence-corrected chi connectivity index (χ4v) is 1.46. The summed E-state index contributed by atoms with van der Waals surface area (Å²) in [5.41, 5.74) is 1.76. The maximum atomic E-state index is 11.7. The van der Waals surface area contributed by atoms with Crippen LogP contribution in [-0.2, 0) is 4.74 Å². The summed E-state index contributed by atoms with van der Waals surface area (Å²) in [6, 6.07) is 8.61. The predicted octanol–water partition coefficient (Wildman–Crippen LogP) is 2.51. The van der Waals surface area contributed by atoms with Crippen LogP contribution in [0.5, 0.6) is 0 Å². The average molecular weight is 255 g/mol. The molecule has 0 saturated heterocycles. The van der Waals surface area contributed by atoms with Crippen molar-refractivity contribution in [3.8, 4) is 12.1 Å². The maximum absolute atomic E-state index is 11.7. The number of carbonyl (C=O) groups excluding carboxylic acids is 1. The van der Waals surface area contributed by atoms with E-state index in [-0.39, 0.29) is 5.57 Å². The van der Waals surface area contributed by atoms with Crippen molar-refractivity contribution >= 4 is 11.7 Å². The summed E-state index contributed by atoms with van der Waals surface area (Å²) in [7, 11) is 0. The Morgan fingerprint density at radius 3 is 2.68 bits per heavy atom. The van der Waals surface area contributed by atoms with E-state index < -0.39 is 5.97 Å². The van der Waals surface area contributed by atoms with E-state index in [9.17, 15) is 4.79 Å². The zero-order chi connectivity index (χ0) is 14.3. The number of rotatable bonds is 4. The zero-order valence-electron chi connectivity index (χ0n) is 10.7. The van der Waals surface area contributed by atoms with Crippen LogP contribution in [0, 0.1) is 29.6 Å². The van der Waals surface area contributed by atoms with E-state index in [4.69, 9.17) is 15.3 Å². The minimum absolute atomic E-state index is 0.0408. The monoisotopic (exact) mass is 255 g/mol. The van der Waals surface area contributed by atoms with Crippen LogP contribution in [0.4, 0.5) is 5.69 Å². The molecule has 1 aromatic rings. The van der Waals surface area contributed by atoms with E-state index in [2.05, 4.69) is 5.32 Å². The number of esters is 1. The van der Waals surface area contributed by atoms with Gasteiger partial charge in [-0.2, -0.15) is 10.5 Å². The highest BCUT2D eigenvalue weighted by molar-refractivity contribution is 5.92. The molecule has 0 heterocycles. The van der Waals surface area contributed by atoms with Crippen LogP contribution in [-0.4, -0.2) is 12.6 Å². The fourth-order valence-electron chi connectivity index (χ4n) is 1.46. The smallest absolute Gasteiger partial charge is 0.338 e. The van der Waals surface area contributed by atoms with Gasteiger partial charge in [0, 0.05) is 11.9 Å². The number of anilines is 1. The van der Waals surface area contributed by atoms with Gasteiger partial charge in [0.25, 0.3) is 0 Å². The summed E-state index contributed by atoms with van der Waals surface area (Å²) in [4.78, 5) is 11.7. The van der Waals surface area contributed by atoms with Crippen LogP contribution in [0.3, 0.4) is 0 Å². The number of ether oxygens (including phenoxy) is 1. The third-order valence-corrected chi connectivity index (χ3v) is 2.44. The molecule has 0 fully saturated rings. The first kappa shape index (κ1) is 14.3. The van der Waals surface area contributed by atoms with Crippen LogP contribution >= 0.6 is 0 Å². The number of hydrogen-bond acceptors (Lipinski definition) is 5. The van der Waals surface area contributed by atoms with Gasteiger partial charge in [0.1, 0.15) is 17.7 Å². The molecule has 0 saturated carbocycles. The second-order valence-electron chi connectivity index (χ2n) is 3.62. The van der Waals surface area contributed by atoms with Gasteiger partial charge in [-0.15, -0.1) is 0 Å². The van der Waals surface area contributed by atoms with Crippen molar-refractivity contribution in [1.29, 1.82) is 10.5 Å². The van der Waals surface area contributed by atoms with Gasteiger partial charge in [0.05, 0.1) is 12.2 Å². The van der Waals surface area contributed by atoms with E-state index in [1.807, 2.05) is 0 Å². The molecule has 0 aliphatic heterocycles. The predicted molar refractivity (Wildman–Crippen MR) is 70.1 cm³/mol. The molecule has 1 N–H and O–H groups in total. The van der Waals surface area contributed by atoms with Gasteiger partial charge in [-0.3, -0.25) is 0 Å². The minimum Gasteiger partial charge on any atom is -0.462 e. The van der Waals surface area contributed by atoms with E-state index in [1.165, 1.54) is 6.20 Å². The lowest BCUT2D eigenvalue weighted by atomic mass is 10.1. The molecule has 0 radical (unpaired) electrons. The van der Waals surface area contributed by atoms with Gasteiger partial charge in [-0.05, 0) is 31.5 Å². The van der Waals surface area contributed by atoms with E-state index in [1.54, 1.807) is 44.2 Å². The molecule has 0 aliphatic rings. The van der Waals surface area contributed by atoms with Crippen LogP contribution in [0.1, 0.15) is 22.8 Å². The molecule has 19 heavy (non-hydrogen) atoms. The number of benzene rings is 1. The Morgan fingerprint density at radius 2 is 2.11 bits per heavy atom. The Hall–Kier alpha value is -2.79. The van der Waals surface area contributed by atoms with Gasteiger partial charge in [-0.1, -0.05) is 6.07 Å². The molecule has 1 aromatic carbocycles. The zero-order valence-corrected chi connectivity index (χ0v) is 10.7. The highest BCUT2D eigenvalue weighted by atomic mass is 16.5. The van der Waals surface area contributed by atoms with Crippen molar-refractivity contribution in [2.75, 3.05) is 11.9 Å². The summed E-state index contributed by atoms with van der Waals surface area (Å²) >= 11 is 0. The summed E-state index contributed by atoms with van der Waals surface area (Å²) in [6.45, 7) is 3.81. The van der Waals surface area contributed by atoms with Gasteiger partial charge >= 0.3 is 5.97 Å². The van der Waals surface area contributed by atoms with Gasteiger partial charge in [0.15, 0.2) is 0 Å². The molecule has 0 aromatic heterocycles. The second-order valence-corrected chi connectivity index (χ2v) is 3.62. The Kier molecular flexibility index (Phi) is 5.13. The summed E-state index contributed by atoms with van der Waals surface area (Å²) < 4.78 is 4.94. The maximum Gasteiger partial charge on any atom is 0.338 e. The van der Waals surface area contributed by atoms with Crippen LogP contribution < -0.4 is 5.32 Å². The molecule has 0 unspecified atom stereocenters. The van der Waals surface area contributed by atoms with Crippen molar-refractivity contribution in [2.45, 2.75) is 13.8 Å². The van der Waals surface area contributed by atoms with Crippen molar-refractivity contribution in [3.63, 3.8) is 0 Å². The van der Waals surface area contributed by atoms with E-state index >= 15 is 0 Å². The lowest BCUT2D eigenvalue weighted by Crippen LogP contribution is -2.08. The number of carbonyl (C=O) groups is 1. The van der Waals surface area contributed by atoms with Crippen molar-refractivity contribution in [3.05, 3.63) is 41.1 Å². The number of nitrogens with one attached hydrogen (secondary N) is 1. The Bertz CT molecular complexity index is 576. The normalized spacial score (nSPS) is 8.84. The lowest BCUT2D eigenvalue weighted by Gasteiger charge is -2.10. The molecule has 1 rings (SSSR count). The van der Waals surface area contributed by atoms with Crippen LogP contribution in [0.15, 0.2) is 30.0 Å². The molecule has 5 heteroatoms. The van der Waals surface area contributed by atoms with E-state index in [0.29, 0.717) is 23.4 Å². The standard InChI is InChI=1S/C14H13N3O2/c1-3-19-14(18)12-5-4-6-13(10(12)2)17-9-11(7-15)8-16/h4-6,9,17H,3H2,1-2H3. The van der Waals surface area contributed by atoms with E-state index in [0.717, 1.165) is 0 Å². The molecular weight excluding hydrogens is 242 g/mol. The SMILES string of the molecule is CCOC(=O)c1cccc(NC=C(C#N)C#N)c1C. The molecule has 5 nitrogen and oxygen atoms in total. The fraction of sp³-hybridized carbons (Fsp3) is 0.214. The number of nitrogens with zero attached hydrogens (tertiary/aromatic N) is 2. The molecule has 0 amide bonds. The molecule has 0 bridgehead atoms. The highest BCUT2D eigenvalue weighted by Crippen LogP contribution is 2.20. The molecule has 96 valence electrons. The second kappa shape index (κ2) is 6.83. The number of allylic oxidation sites excluding steroid dienone is 1. The molecule has 0 aliphatic carbocycles. The first-order chi connectivity index (χ1) is 9.13. The average Bonchev–Trinajstić information content (AvgIpc) is 2.41. The third kappa shape index (κ3) is 3.58. The Morgan fingerprint density at radius 1 is 1.42 bits per heavy atom. The Labute approximate surface area is 111 Å². The van der Waals surface area contributed by atoms with Gasteiger partial charge in [0.2, 0.25) is 0 Å². The first-order valence-corrected chi connectivity index (χ1v) is 5.67. The lowest BCUT2D eigenvalue weighted by molar-refractivity contribution is 0.0525. The molecule has 0 atom stereocenters. The Balaban J connectivity index is 3.03. The summed E-state index contributed by atoms with van der Waals surface area (Å²) in [6.07, 6.45) is 1.30. The van der Waals surface area contributed by atoms with Crippen LogP contribution in [0.25, 0.3) is 0 Å². The minimum atomic E-state index is -0.395. The summed E-state index contributed by atoms with van der Waals surface area (Å²) in [5.74, 6) is -0.395. The summed E-state index contributed by atoms with van der Waals surface area (Å²) in [5, 5.41) is 20.1.